The molecule has 1 fully saturated rings. The average molecular weight is 505 g/mol. The summed E-state index contributed by atoms with van der Waals surface area (Å²) < 4.78 is 6.98. The molecule has 1 saturated carbocycles. The SMILES string of the molecule is COc1ccc(/C=N/Nc2nc3c(c(=O)n2-c2ccccc2C)C2(CCCCC2)Cc2ccccc2-3)cc1. The number of aromatic nitrogens is 2. The van der Waals surface area contributed by atoms with Gasteiger partial charge in [0.1, 0.15) is 5.75 Å². The van der Waals surface area contributed by atoms with E-state index in [1.54, 1.807) is 17.9 Å². The Morgan fingerprint density at radius 3 is 2.47 bits per heavy atom. The van der Waals surface area contributed by atoms with Crippen LogP contribution in [0.5, 0.6) is 5.75 Å². The highest BCUT2D eigenvalue weighted by Gasteiger charge is 2.43. The number of nitrogens with one attached hydrogen (secondary N) is 1. The number of para-hydroxylation sites is 1. The summed E-state index contributed by atoms with van der Waals surface area (Å²) in [7, 11) is 1.65. The zero-order valence-electron chi connectivity index (χ0n) is 21.9. The van der Waals surface area contributed by atoms with Crippen molar-refractivity contribution in [3.63, 3.8) is 0 Å². The third-order valence-electron chi connectivity index (χ3n) is 8.08. The summed E-state index contributed by atoms with van der Waals surface area (Å²) in [5, 5.41) is 4.50. The molecule has 6 heteroatoms. The largest absolute Gasteiger partial charge is 0.497 e. The lowest BCUT2D eigenvalue weighted by Crippen LogP contribution is -2.43. The Labute approximate surface area is 223 Å². The minimum Gasteiger partial charge on any atom is -0.497 e. The van der Waals surface area contributed by atoms with Crippen LogP contribution in [0.25, 0.3) is 16.9 Å². The highest BCUT2D eigenvalue weighted by atomic mass is 16.5. The van der Waals surface area contributed by atoms with Gasteiger partial charge >= 0.3 is 0 Å². The van der Waals surface area contributed by atoms with Gasteiger partial charge < -0.3 is 4.74 Å². The molecule has 192 valence electrons. The molecule has 0 unspecified atom stereocenters. The van der Waals surface area contributed by atoms with Gasteiger partial charge in [-0.1, -0.05) is 61.7 Å². The summed E-state index contributed by atoms with van der Waals surface area (Å²) in [6, 6.07) is 24.0. The number of anilines is 1. The fourth-order valence-corrected chi connectivity index (χ4v) is 6.18. The lowest BCUT2D eigenvalue weighted by atomic mass is 9.62. The first-order chi connectivity index (χ1) is 18.6. The van der Waals surface area contributed by atoms with Crippen molar-refractivity contribution in [2.45, 2.75) is 50.9 Å². The molecule has 4 aromatic rings. The number of fused-ring (bicyclic) bond motifs is 4. The summed E-state index contributed by atoms with van der Waals surface area (Å²) in [5.74, 6) is 1.20. The second-order valence-electron chi connectivity index (χ2n) is 10.4. The Balaban J connectivity index is 1.54. The molecule has 0 saturated heterocycles. The van der Waals surface area contributed by atoms with Gasteiger partial charge in [-0.15, -0.1) is 0 Å². The molecular weight excluding hydrogens is 472 g/mol. The number of ether oxygens (including phenoxy) is 1. The molecule has 0 atom stereocenters. The van der Waals surface area contributed by atoms with Crippen LogP contribution in [-0.4, -0.2) is 22.9 Å². The zero-order chi connectivity index (χ0) is 26.1. The number of hydrazone groups is 1. The molecule has 6 nitrogen and oxygen atoms in total. The molecule has 6 rings (SSSR count). The van der Waals surface area contributed by atoms with Gasteiger partial charge in [0.25, 0.3) is 5.56 Å². The van der Waals surface area contributed by atoms with Gasteiger partial charge in [0.05, 0.1) is 30.3 Å². The minimum atomic E-state index is -0.179. The number of nitrogens with zero attached hydrogens (tertiary/aromatic N) is 3. The summed E-state index contributed by atoms with van der Waals surface area (Å²) in [4.78, 5) is 19.8. The van der Waals surface area contributed by atoms with E-state index in [4.69, 9.17) is 9.72 Å². The van der Waals surface area contributed by atoms with Gasteiger partial charge in [0, 0.05) is 11.0 Å². The number of hydrogen-bond donors (Lipinski definition) is 1. The van der Waals surface area contributed by atoms with Crippen molar-refractivity contribution >= 4 is 12.2 Å². The molecule has 1 heterocycles. The topological polar surface area (TPSA) is 68.5 Å². The average Bonchev–Trinajstić information content (AvgIpc) is 2.94. The monoisotopic (exact) mass is 504 g/mol. The van der Waals surface area contributed by atoms with Crippen LogP contribution in [0.1, 0.15) is 54.4 Å². The Morgan fingerprint density at radius 1 is 0.974 bits per heavy atom. The van der Waals surface area contributed by atoms with Crippen LogP contribution in [0.2, 0.25) is 0 Å². The zero-order valence-corrected chi connectivity index (χ0v) is 21.9. The van der Waals surface area contributed by atoms with Crippen LogP contribution in [0.3, 0.4) is 0 Å². The first-order valence-corrected chi connectivity index (χ1v) is 13.3. The summed E-state index contributed by atoms with van der Waals surface area (Å²) >= 11 is 0. The molecular formula is C32H32N4O2. The van der Waals surface area contributed by atoms with Crippen molar-refractivity contribution in [1.82, 2.24) is 9.55 Å². The Bertz CT molecular complexity index is 1560. The normalized spacial score (nSPS) is 15.7. The van der Waals surface area contributed by atoms with E-state index in [2.05, 4.69) is 28.7 Å². The van der Waals surface area contributed by atoms with E-state index in [1.807, 2.05) is 61.5 Å². The molecule has 0 amide bonds. The van der Waals surface area contributed by atoms with Gasteiger partial charge in [0.2, 0.25) is 5.95 Å². The van der Waals surface area contributed by atoms with Gasteiger partial charge in [-0.3, -0.25) is 4.79 Å². The van der Waals surface area contributed by atoms with Crippen molar-refractivity contribution in [2.75, 3.05) is 12.5 Å². The first-order valence-electron chi connectivity index (χ1n) is 13.3. The van der Waals surface area contributed by atoms with Crippen LogP contribution in [0.15, 0.2) is 82.7 Å². The van der Waals surface area contributed by atoms with Gasteiger partial charge in [-0.25, -0.2) is 15.0 Å². The number of hydrogen-bond acceptors (Lipinski definition) is 5. The molecule has 1 spiro atoms. The predicted molar refractivity (Wildman–Crippen MR) is 153 cm³/mol. The van der Waals surface area contributed by atoms with Crippen molar-refractivity contribution in [3.8, 4) is 22.7 Å². The van der Waals surface area contributed by atoms with E-state index in [0.717, 1.165) is 71.5 Å². The number of methoxy groups -OCH3 is 1. The number of aryl methyl sites for hydroxylation is 1. The fraction of sp³-hybridized carbons (Fsp3) is 0.281. The second-order valence-corrected chi connectivity index (χ2v) is 10.4. The van der Waals surface area contributed by atoms with Crippen LogP contribution < -0.4 is 15.7 Å². The molecule has 1 N–H and O–H groups in total. The summed E-state index contributed by atoms with van der Waals surface area (Å²) in [6.07, 6.45) is 8.14. The standard InChI is InChI=1S/C32H32N4O2/c1-22-10-4-7-13-27(22)36-30(37)28-29(34-31(36)35-33-21-23-14-16-25(38-2)17-15-23)26-12-6-5-11-24(26)20-32(28)18-8-3-9-19-32/h4-7,10-17,21H,3,8-9,18-20H2,1-2H3,(H,34,35)/b33-21+. The van der Waals surface area contributed by atoms with E-state index in [0.29, 0.717) is 5.95 Å². The lowest BCUT2D eigenvalue weighted by molar-refractivity contribution is 0.284. The van der Waals surface area contributed by atoms with E-state index in [1.165, 1.54) is 12.0 Å². The Morgan fingerprint density at radius 2 is 1.71 bits per heavy atom. The highest BCUT2D eigenvalue weighted by Crippen LogP contribution is 2.48. The molecule has 0 radical (unpaired) electrons. The molecule has 2 aliphatic carbocycles. The van der Waals surface area contributed by atoms with Crippen LogP contribution in [-0.2, 0) is 11.8 Å². The quantitative estimate of drug-likeness (QED) is 0.252. The van der Waals surface area contributed by atoms with Crippen molar-refractivity contribution < 1.29 is 4.74 Å². The van der Waals surface area contributed by atoms with Gasteiger partial charge in [-0.2, -0.15) is 5.10 Å². The maximum atomic E-state index is 14.6. The second kappa shape index (κ2) is 9.93. The third kappa shape index (κ3) is 4.20. The minimum absolute atomic E-state index is 0.00264. The summed E-state index contributed by atoms with van der Waals surface area (Å²) in [6.45, 7) is 2.03. The molecule has 0 bridgehead atoms. The lowest BCUT2D eigenvalue weighted by Gasteiger charge is -2.42. The van der Waals surface area contributed by atoms with Crippen molar-refractivity contribution in [2.24, 2.45) is 5.10 Å². The Hall–Kier alpha value is -4.19. The molecule has 38 heavy (non-hydrogen) atoms. The van der Waals surface area contributed by atoms with Gasteiger partial charge in [-0.05, 0) is 73.2 Å². The van der Waals surface area contributed by atoms with Gasteiger partial charge in [0.15, 0.2) is 0 Å². The number of rotatable bonds is 5. The molecule has 0 aliphatic heterocycles. The van der Waals surface area contributed by atoms with Crippen molar-refractivity contribution in [1.29, 1.82) is 0 Å². The fourth-order valence-electron chi connectivity index (χ4n) is 6.18. The van der Waals surface area contributed by atoms with Crippen LogP contribution in [0.4, 0.5) is 5.95 Å². The molecule has 2 aliphatic rings. The molecule has 1 aromatic heterocycles. The number of benzene rings is 3. The van der Waals surface area contributed by atoms with E-state index < -0.39 is 0 Å². The maximum Gasteiger partial charge on any atom is 0.263 e. The van der Waals surface area contributed by atoms with E-state index >= 15 is 0 Å². The van der Waals surface area contributed by atoms with Crippen molar-refractivity contribution in [3.05, 3.63) is 105 Å². The Kier molecular flexibility index (Phi) is 6.32. The van der Waals surface area contributed by atoms with Crippen LogP contribution >= 0.6 is 0 Å². The maximum absolute atomic E-state index is 14.6. The van der Waals surface area contributed by atoms with E-state index in [-0.39, 0.29) is 11.0 Å². The smallest absolute Gasteiger partial charge is 0.263 e. The predicted octanol–water partition coefficient (Wildman–Crippen LogP) is 6.42. The highest BCUT2D eigenvalue weighted by molar-refractivity contribution is 5.80. The third-order valence-corrected chi connectivity index (χ3v) is 8.08. The summed E-state index contributed by atoms with van der Waals surface area (Å²) in [5.41, 5.74) is 9.66. The van der Waals surface area contributed by atoms with E-state index in [9.17, 15) is 4.79 Å². The molecule has 3 aromatic carbocycles. The van der Waals surface area contributed by atoms with Crippen LogP contribution in [0, 0.1) is 6.92 Å². The first kappa shape index (κ1) is 24.2.